The average Bonchev–Trinajstić information content (AvgIpc) is 2.25. The predicted molar refractivity (Wildman–Crippen MR) is 67.1 cm³/mol. The molecule has 0 spiro atoms. The molecular weight excluding hydrogens is 220 g/mol. The lowest BCUT2D eigenvalue weighted by Crippen LogP contribution is -2.42. The molecule has 0 aliphatic heterocycles. The van der Waals surface area contributed by atoms with Gasteiger partial charge in [0.25, 0.3) is 0 Å². The highest BCUT2D eigenvalue weighted by Crippen LogP contribution is 1.99. The molecule has 1 unspecified atom stereocenters. The van der Waals surface area contributed by atoms with Crippen LogP contribution in [-0.2, 0) is 9.59 Å². The summed E-state index contributed by atoms with van der Waals surface area (Å²) >= 11 is 0. The third kappa shape index (κ3) is 7.88. The second-order valence-corrected chi connectivity index (χ2v) is 4.35. The number of Topliss-reactive ketones (excluding diaryl/α,β-unsaturated/α-hetero) is 1. The number of carbonyl (C=O) groups is 2. The molecule has 17 heavy (non-hydrogen) atoms. The van der Waals surface area contributed by atoms with E-state index < -0.39 is 12.0 Å². The number of aliphatic carboxylic acids is 1. The van der Waals surface area contributed by atoms with Crippen LogP contribution in [0.3, 0.4) is 0 Å². The Morgan fingerprint density at radius 2 is 2.00 bits per heavy atom. The Labute approximate surface area is 103 Å². The summed E-state index contributed by atoms with van der Waals surface area (Å²) in [6.45, 7) is 3.32. The molecule has 0 rings (SSSR count). The van der Waals surface area contributed by atoms with Crippen LogP contribution in [0, 0.1) is 0 Å². The van der Waals surface area contributed by atoms with Gasteiger partial charge in [-0.3, -0.25) is 14.5 Å². The first-order valence-corrected chi connectivity index (χ1v) is 6.11. The van der Waals surface area contributed by atoms with Crippen molar-refractivity contribution < 1.29 is 14.7 Å². The van der Waals surface area contributed by atoms with E-state index in [-0.39, 0.29) is 12.2 Å². The van der Waals surface area contributed by atoms with Gasteiger partial charge in [-0.05, 0) is 27.1 Å². The molecule has 0 radical (unpaired) electrons. The van der Waals surface area contributed by atoms with Crippen molar-refractivity contribution in [2.45, 2.75) is 38.6 Å². The molecule has 0 aromatic rings. The Morgan fingerprint density at radius 1 is 1.35 bits per heavy atom. The van der Waals surface area contributed by atoms with Gasteiger partial charge in [0.2, 0.25) is 0 Å². The number of carbonyl (C=O) groups excluding carboxylic acids is 1. The Bertz CT molecular complexity index is 244. The maximum Gasteiger partial charge on any atom is 0.305 e. The first-order chi connectivity index (χ1) is 8.01. The lowest BCUT2D eigenvalue weighted by Gasteiger charge is -2.19. The Kier molecular flexibility index (Phi) is 8.62. The molecule has 5 nitrogen and oxygen atoms in total. The number of likely N-dealkylation sites (N-methyl/N-ethyl adjacent to an activating group) is 2. The van der Waals surface area contributed by atoms with E-state index in [0.29, 0.717) is 6.54 Å². The molecule has 0 saturated carbocycles. The fourth-order valence-electron chi connectivity index (χ4n) is 1.64. The van der Waals surface area contributed by atoms with Crippen LogP contribution in [0.2, 0.25) is 0 Å². The zero-order valence-electron chi connectivity index (χ0n) is 11.0. The molecule has 5 heteroatoms. The van der Waals surface area contributed by atoms with Crippen LogP contribution in [0.25, 0.3) is 0 Å². The maximum absolute atomic E-state index is 11.8. The van der Waals surface area contributed by atoms with Crippen LogP contribution in [0.4, 0.5) is 0 Å². The molecule has 1 atom stereocenters. The minimum atomic E-state index is -0.952. The van der Waals surface area contributed by atoms with Gasteiger partial charge in [0.05, 0.1) is 19.0 Å². The first-order valence-electron chi connectivity index (χ1n) is 6.11. The Balaban J connectivity index is 3.99. The number of hydrogen-bond acceptors (Lipinski definition) is 4. The van der Waals surface area contributed by atoms with Gasteiger partial charge < -0.3 is 10.4 Å². The summed E-state index contributed by atoms with van der Waals surface area (Å²) in [5, 5.41) is 11.4. The van der Waals surface area contributed by atoms with Crippen molar-refractivity contribution in [1.82, 2.24) is 10.2 Å². The summed E-state index contributed by atoms with van der Waals surface area (Å²) in [4.78, 5) is 24.3. The van der Waals surface area contributed by atoms with E-state index in [2.05, 4.69) is 12.2 Å². The fourth-order valence-corrected chi connectivity index (χ4v) is 1.64. The molecule has 0 heterocycles. The number of carboxylic acid groups (broad SMARTS) is 1. The summed E-state index contributed by atoms with van der Waals surface area (Å²) in [7, 11) is 3.50. The van der Waals surface area contributed by atoms with Crippen LogP contribution in [0.1, 0.15) is 32.6 Å². The summed E-state index contributed by atoms with van der Waals surface area (Å²) in [6, 6.07) is -0.582. The lowest BCUT2D eigenvalue weighted by atomic mass is 10.1. The smallest absolute Gasteiger partial charge is 0.305 e. The molecule has 0 fully saturated rings. The van der Waals surface area contributed by atoms with Crippen molar-refractivity contribution in [3.63, 3.8) is 0 Å². The molecule has 0 aliphatic carbocycles. The lowest BCUT2D eigenvalue weighted by molar-refractivity contribution is -0.139. The van der Waals surface area contributed by atoms with Gasteiger partial charge in [-0.15, -0.1) is 0 Å². The number of nitrogens with zero attached hydrogens (tertiary/aromatic N) is 1. The third-order valence-electron chi connectivity index (χ3n) is 2.69. The van der Waals surface area contributed by atoms with Crippen LogP contribution in [-0.4, -0.2) is 55.0 Å². The van der Waals surface area contributed by atoms with Crippen LogP contribution >= 0.6 is 0 Å². The molecular formula is C12H24N2O3. The van der Waals surface area contributed by atoms with Gasteiger partial charge >= 0.3 is 5.97 Å². The highest BCUT2D eigenvalue weighted by atomic mass is 16.4. The van der Waals surface area contributed by atoms with Crippen LogP contribution in [0.5, 0.6) is 0 Å². The molecule has 2 N–H and O–H groups in total. The van der Waals surface area contributed by atoms with Gasteiger partial charge in [0, 0.05) is 0 Å². The molecule has 0 amide bonds. The number of unbranched alkanes of at least 4 members (excludes halogenated alkanes) is 2. The van der Waals surface area contributed by atoms with Gasteiger partial charge in [0.1, 0.15) is 0 Å². The Morgan fingerprint density at radius 3 is 2.47 bits per heavy atom. The summed E-state index contributed by atoms with van der Waals surface area (Å²) < 4.78 is 0. The van der Waals surface area contributed by atoms with E-state index in [1.807, 2.05) is 11.9 Å². The van der Waals surface area contributed by atoms with E-state index in [9.17, 15) is 9.59 Å². The molecule has 0 aliphatic rings. The monoisotopic (exact) mass is 244 g/mol. The highest BCUT2D eigenvalue weighted by Gasteiger charge is 2.20. The quantitative estimate of drug-likeness (QED) is 0.555. The molecule has 0 saturated heterocycles. The minimum absolute atomic E-state index is 0.0612. The largest absolute Gasteiger partial charge is 0.481 e. The first kappa shape index (κ1) is 16.1. The molecule has 0 aromatic carbocycles. The van der Waals surface area contributed by atoms with Crippen molar-refractivity contribution >= 4 is 11.8 Å². The van der Waals surface area contributed by atoms with Crippen LogP contribution < -0.4 is 5.32 Å². The Hall–Kier alpha value is -0.940. The normalized spacial score (nSPS) is 12.7. The summed E-state index contributed by atoms with van der Waals surface area (Å²) in [6.07, 6.45) is 3.23. The summed E-state index contributed by atoms with van der Waals surface area (Å²) in [5.74, 6) is -1.01. The van der Waals surface area contributed by atoms with E-state index in [1.54, 1.807) is 7.05 Å². The van der Waals surface area contributed by atoms with Crippen molar-refractivity contribution in [3.8, 4) is 0 Å². The fraction of sp³-hybridized carbons (Fsp3) is 0.833. The number of rotatable bonds is 10. The number of hydrogen-bond donors (Lipinski definition) is 2. The maximum atomic E-state index is 11.8. The van der Waals surface area contributed by atoms with Gasteiger partial charge in [-0.25, -0.2) is 0 Å². The number of ketones is 1. The van der Waals surface area contributed by atoms with E-state index >= 15 is 0 Å². The van der Waals surface area contributed by atoms with Crippen LogP contribution in [0.15, 0.2) is 0 Å². The molecule has 100 valence electrons. The SMILES string of the molecule is CCCCCN(C)CC(=O)C(CC(=O)O)NC. The molecule has 0 bridgehead atoms. The number of carboxylic acids is 1. The standard InChI is InChI=1S/C12H24N2O3/c1-4-5-6-7-14(3)9-11(15)10(13-2)8-12(16)17/h10,13H,4-9H2,1-3H3,(H,16,17). The summed E-state index contributed by atoms with van der Waals surface area (Å²) in [5.41, 5.74) is 0. The zero-order chi connectivity index (χ0) is 13.3. The van der Waals surface area contributed by atoms with E-state index in [4.69, 9.17) is 5.11 Å². The van der Waals surface area contributed by atoms with Crippen molar-refractivity contribution in [1.29, 1.82) is 0 Å². The highest BCUT2D eigenvalue weighted by molar-refractivity contribution is 5.89. The zero-order valence-corrected chi connectivity index (χ0v) is 11.0. The van der Waals surface area contributed by atoms with E-state index in [0.717, 1.165) is 25.8 Å². The van der Waals surface area contributed by atoms with Crippen molar-refractivity contribution in [2.24, 2.45) is 0 Å². The molecule has 0 aromatic heterocycles. The van der Waals surface area contributed by atoms with Gasteiger partial charge in [0.15, 0.2) is 5.78 Å². The van der Waals surface area contributed by atoms with E-state index in [1.165, 1.54) is 0 Å². The topological polar surface area (TPSA) is 69.6 Å². The third-order valence-corrected chi connectivity index (χ3v) is 2.69. The second kappa shape index (κ2) is 9.13. The minimum Gasteiger partial charge on any atom is -0.481 e. The predicted octanol–water partition coefficient (Wildman–Crippen LogP) is 0.740. The van der Waals surface area contributed by atoms with Crippen molar-refractivity contribution in [2.75, 3.05) is 27.2 Å². The second-order valence-electron chi connectivity index (χ2n) is 4.35. The number of nitrogens with one attached hydrogen (secondary N) is 1. The van der Waals surface area contributed by atoms with Gasteiger partial charge in [-0.2, -0.15) is 0 Å². The average molecular weight is 244 g/mol. The van der Waals surface area contributed by atoms with Gasteiger partial charge in [-0.1, -0.05) is 19.8 Å². The van der Waals surface area contributed by atoms with Crippen molar-refractivity contribution in [3.05, 3.63) is 0 Å².